The molecule has 0 spiro atoms. The Morgan fingerprint density at radius 2 is 2.17 bits per heavy atom. The highest BCUT2D eigenvalue weighted by Crippen LogP contribution is 2.12. The number of rotatable bonds is 4. The van der Waals surface area contributed by atoms with Gasteiger partial charge in [0.25, 0.3) is 5.91 Å². The fourth-order valence-electron chi connectivity index (χ4n) is 1.64. The SMILES string of the molecule is Cc1c(C(=O)NCCO)cnn1-c1ccncc1. The van der Waals surface area contributed by atoms with Crippen LogP contribution in [0.1, 0.15) is 16.1 Å². The third-order valence-electron chi connectivity index (χ3n) is 2.56. The van der Waals surface area contributed by atoms with Crippen molar-refractivity contribution in [2.45, 2.75) is 6.92 Å². The highest BCUT2D eigenvalue weighted by atomic mass is 16.3. The van der Waals surface area contributed by atoms with Gasteiger partial charge in [0, 0.05) is 18.9 Å². The molecule has 0 aliphatic rings. The first-order valence-electron chi connectivity index (χ1n) is 5.58. The fourth-order valence-corrected chi connectivity index (χ4v) is 1.64. The van der Waals surface area contributed by atoms with Gasteiger partial charge in [-0.15, -0.1) is 0 Å². The zero-order valence-electron chi connectivity index (χ0n) is 10.00. The van der Waals surface area contributed by atoms with Crippen LogP contribution in [0.5, 0.6) is 0 Å². The first kappa shape index (κ1) is 12.3. The Morgan fingerprint density at radius 1 is 1.44 bits per heavy atom. The minimum atomic E-state index is -0.234. The number of pyridine rings is 1. The van der Waals surface area contributed by atoms with Crippen LogP contribution in [0, 0.1) is 6.92 Å². The first-order valence-corrected chi connectivity index (χ1v) is 5.58. The fraction of sp³-hybridized carbons (Fsp3) is 0.250. The second-order valence-electron chi connectivity index (χ2n) is 3.74. The van der Waals surface area contributed by atoms with Gasteiger partial charge in [-0.3, -0.25) is 9.78 Å². The number of hydrogen-bond acceptors (Lipinski definition) is 4. The van der Waals surface area contributed by atoms with Crippen molar-refractivity contribution in [2.24, 2.45) is 0 Å². The number of carbonyl (C=O) groups is 1. The zero-order valence-corrected chi connectivity index (χ0v) is 10.00. The molecule has 2 aromatic rings. The average Bonchev–Trinajstić information content (AvgIpc) is 2.79. The van der Waals surface area contributed by atoms with Gasteiger partial charge in [-0.1, -0.05) is 0 Å². The van der Waals surface area contributed by atoms with E-state index in [1.54, 1.807) is 17.1 Å². The van der Waals surface area contributed by atoms with Crippen LogP contribution < -0.4 is 5.32 Å². The number of nitrogens with one attached hydrogen (secondary N) is 1. The lowest BCUT2D eigenvalue weighted by atomic mass is 10.2. The maximum atomic E-state index is 11.8. The largest absolute Gasteiger partial charge is 0.395 e. The topological polar surface area (TPSA) is 80.0 Å². The van der Waals surface area contributed by atoms with Crippen LogP contribution >= 0.6 is 0 Å². The van der Waals surface area contributed by atoms with Gasteiger partial charge in [0.2, 0.25) is 0 Å². The van der Waals surface area contributed by atoms with Crippen LogP contribution in [-0.4, -0.2) is 38.9 Å². The second-order valence-corrected chi connectivity index (χ2v) is 3.74. The molecule has 0 saturated carbocycles. The maximum Gasteiger partial charge on any atom is 0.254 e. The summed E-state index contributed by atoms with van der Waals surface area (Å²) in [7, 11) is 0. The van der Waals surface area contributed by atoms with E-state index in [0.29, 0.717) is 5.56 Å². The smallest absolute Gasteiger partial charge is 0.254 e. The van der Waals surface area contributed by atoms with Crippen molar-refractivity contribution in [2.75, 3.05) is 13.2 Å². The molecule has 0 atom stereocenters. The third kappa shape index (κ3) is 2.38. The van der Waals surface area contributed by atoms with Gasteiger partial charge in [0.05, 0.1) is 29.7 Å². The standard InChI is InChI=1S/C12H14N4O2/c1-9-11(12(18)14-6-7-17)8-15-16(9)10-2-4-13-5-3-10/h2-5,8,17H,6-7H2,1H3,(H,14,18). The molecule has 2 aromatic heterocycles. The Bertz CT molecular complexity index is 536. The first-order chi connectivity index (χ1) is 8.74. The van der Waals surface area contributed by atoms with E-state index >= 15 is 0 Å². The summed E-state index contributed by atoms with van der Waals surface area (Å²) >= 11 is 0. The summed E-state index contributed by atoms with van der Waals surface area (Å²) in [6.07, 6.45) is 4.85. The van der Waals surface area contributed by atoms with Gasteiger partial charge in [-0.05, 0) is 19.1 Å². The number of aromatic nitrogens is 3. The number of aliphatic hydroxyl groups excluding tert-OH is 1. The highest BCUT2D eigenvalue weighted by molar-refractivity contribution is 5.95. The van der Waals surface area contributed by atoms with E-state index in [0.717, 1.165) is 11.4 Å². The number of aliphatic hydroxyl groups is 1. The lowest BCUT2D eigenvalue weighted by molar-refractivity contribution is 0.0944. The van der Waals surface area contributed by atoms with Crippen LogP contribution in [0.2, 0.25) is 0 Å². The molecule has 0 unspecified atom stereocenters. The molecule has 0 radical (unpaired) electrons. The van der Waals surface area contributed by atoms with Gasteiger partial charge in [-0.25, -0.2) is 4.68 Å². The normalized spacial score (nSPS) is 10.3. The molecule has 0 fully saturated rings. The van der Waals surface area contributed by atoms with Gasteiger partial charge in [0.15, 0.2) is 0 Å². The quantitative estimate of drug-likeness (QED) is 0.813. The van der Waals surface area contributed by atoms with Crippen molar-refractivity contribution < 1.29 is 9.90 Å². The molecular formula is C12H14N4O2. The van der Waals surface area contributed by atoms with Gasteiger partial charge in [0.1, 0.15) is 0 Å². The Hall–Kier alpha value is -2.21. The molecule has 1 amide bonds. The average molecular weight is 246 g/mol. The third-order valence-corrected chi connectivity index (χ3v) is 2.56. The van der Waals surface area contributed by atoms with Crippen LogP contribution in [0.4, 0.5) is 0 Å². The van der Waals surface area contributed by atoms with E-state index in [2.05, 4.69) is 15.4 Å². The molecule has 0 bridgehead atoms. The molecule has 0 aliphatic carbocycles. The second kappa shape index (κ2) is 5.42. The van der Waals surface area contributed by atoms with Crippen LogP contribution in [0.3, 0.4) is 0 Å². The van der Waals surface area contributed by atoms with Gasteiger partial charge >= 0.3 is 0 Å². The van der Waals surface area contributed by atoms with Crippen molar-refractivity contribution in [3.63, 3.8) is 0 Å². The number of amides is 1. The molecule has 2 heterocycles. The summed E-state index contributed by atoms with van der Waals surface area (Å²) in [6, 6.07) is 3.63. The van der Waals surface area contributed by atoms with Crippen molar-refractivity contribution >= 4 is 5.91 Å². The Balaban J connectivity index is 2.27. The van der Waals surface area contributed by atoms with E-state index in [1.165, 1.54) is 6.20 Å². The predicted molar refractivity (Wildman–Crippen MR) is 65.5 cm³/mol. The molecule has 6 nitrogen and oxygen atoms in total. The lowest BCUT2D eigenvalue weighted by Gasteiger charge is -2.05. The Morgan fingerprint density at radius 3 is 2.83 bits per heavy atom. The number of carbonyl (C=O) groups excluding carboxylic acids is 1. The van der Waals surface area contributed by atoms with E-state index in [4.69, 9.17) is 5.11 Å². The molecule has 18 heavy (non-hydrogen) atoms. The lowest BCUT2D eigenvalue weighted by Crippen LogP contribution is -2.26. The van der Waals surface area contributed by atoms with Crippen molar-refractivity contribution in [1.29, 1.82) is 0 Å². The molecule has 2 rings (SSSR count). The van der Waals surface area contributed by atoms with Crippen LogP contribution in [0.15, 0.2) is 30.7 Å². The van der Waals surface area contributed by atoms with E-state index in [1.807, 2.05) is 19.1 Å². The maximum absolute atomic E-state index is 11.8. The Labute approximate surface area is 104 Å². The summed E-state index contributed by atoms with van der Waals surface area (Å²) in [5.74, 6) is -0.234. The minimum absolute atomic E-state index is 0.0801. The van der Waals surface area contributed by atoms with Crippen molar-refractivity contribution in [1.82, 2.24) is 20.1 Å². The van der Waals surface area contributed by atoms with Crippen LogP contribution in [0.25, 0.3) is 5.69 Å². The summed E-state index contributed by atoms with van der Waals surface area (Å²) < 4.78 is 1.68. The number of hydrogen-bond donors (Lipinski definition) is 2. The summed E-state index contributed by atoms with van der Waals surface area (Å²) in [5.41, 5.74) is 2.10. The summed E-state index contributed by atoms with van der Waals surface area (Å²) in [4.78, 5) is 15.7. The van der Waals surface area contributed by atoms with Crippen LogP contribution in [-0.2, 0) is 0 Å². The molecule has 6 heteroatoms. The minimum Gasteiger partial charge on any atom is -0.395 e. The van der Waals surface area contributed by atoms with Gasteiger partial charge < -0.3 is 10.4 Å². The number of nitrogens with zero attached hydrogens (tertiary/aromatic N) is 3. The molecule has 2 N–H and O–H groups in total. The Kier molecular flexibility index (Phi) is 3.69. The molecule has 94 valence electrons. The van der Waals surface area contributed by atoms with Gasteiger partial charge in [-0.2, -0.15) is 5.10 Å². The molecule has 0 aromatic carbocycles. The summed E-state index contributed by atoms with van der Waals surface area (Å²) in [5, 5.41) is 15.5. The van der Waals surface area contributed by atoms with Crippen molar-refractivity contribution in [3.05, 3.63) is 42.0 Å². The predicted octanol–water partition coefficient (Wildman–Crippen LogP) is 0.298. The molecule has 0 aliphatic heterocycles. The van der Waals surface area contributed by atoms with Crippen molar-refractivity contribution in [3.8, 4) is 5.69 Å². The molecular weight excluding hydrogens is 232 g/mol. The van der Waals surface area contributed by atoms with E-state index < -0.39 is 0 Å². The molecule has 0 saturated heterocycles. The highest BCUT2D eigenvalue weighted by Gasteiger charge is 2.14. The monoisotopic (exact) mass is 246 g/mol. The van der Waals surface area contributed by atoms with E-state index in [9.17, 15) is 4.79 Å². The zero-order chi connectivity index (χ0) is 13.0. The van der Waals surface area contributed by atoms with E-state index in [-0.39, 0.29) is 19.1 Å². The summed E-state index contributed by atoms with van der Waals surface area (Å²) in [6.45, 7) is 1.98.